The lowest BCUT2D eigenvalue weighted by Crippen LogP contribution is -2.29. The van der Waals surface area contributed by atoms with E-state index in [0.717, 1.165) is 28.3 Å². The number of hydrogen-bond donors (Lipinski definition) is 2. The van der Waals surface area contributed by atoms with Gasteiger partial charge in [0.1, 0.15) is 5.75 Å². The van der Waals surface area contributed by atoms with Crippen LogP contribution in [0.15, 0.2) is 36.4 Å². The zero-order valence-electron chi connectivity index (χ0n) is 12.2. The van der Waals surface area contributed by atoms with Crippen LogP contribution in [0.25, 0.3) is 0 Å². The summed E-state index contributed by atoms with van der Waals surface area (Å²) in [6.07, 6.45) is 0. The van der Waals surface area contributed by atoms with Crippen LogP contribution in [-0.4, -0.2) is 11.6 Å². The Labute approximate surface area is 120 Å². The van der Waals surface area contributed by atoms with Gasteiger partial charge in [-0.1, -0.05) is 18.2 Å². The van der Waals surface area contributed by atoms with Crippen LogP contribution >= 0.6 is 0 Å². The van der Waals surface area contributed by atoms with Crippen LogP contribution in [0.2, 0.25) is 0 Å². The highest BCUT2D eigenvalue weighted by Crippen LogP contribution is 2.25. The largest absolute Gasteiger partial charge is 0.494 e. The third-order valence-corrected chi connectivity index (χ3v) is 3.27. The van der Waals surface area contributed by atoms with Gasteiger partial charge in [-0.15, -0.1) is 0 Å². The van der Waals surface area contributed by atoms with Crippen molar-refractivity contribution in [1.82, 2.24) is 10.4 Å². The number of benzene rings is 1. The van der Waals surface area contributed by atoms with Crippen molar-refractivity contribution in [3.8, 4) is 5.75 Å². The first kappa shape index (κ1) is 14.5. The van der Waals surface area contributed by atoms with E-state index < -0.39 is 0 Å². The van der Waals surface area contributed by atoms with Crippen LogP contribution in [-0.2, 0) is 0 Å². The van der Waals surface area contributed by atoms with Crippen LogP contribution in [0.1, 0.15) is 35.5 Å². The molecule has 0 aliphatic rings. The molecule has 4 heteroatoms. The van der Waals surface area contributed by atoms with Crippen molar-refractivity contribution in [3.63, 3.8) is 0 Å². The summed E-state index contributed by atoms with van der Waals surface area (Å²) in [7, 11) is 0. The first-order valence-electron chi connectivity index (χ1n) is 6.78. The maximum atomic E-state index is 5.73. The second-order valence-corrected chi connectivity index (χ2v) is 4.73. The number of nitrogens with one attached hydrogen (secondary N) is 1. The molecule has 1 aromatic carbocycles. The van der Waals surface area contributed by atoms with Gasteiger partial charge in [-0.2, -0.15) is 0 Å². The van der Waals surface area contributed by atoms with E-state index in [-0.39, 0.29) is 6.04 Å². The van der Waals surface area contributed by atoms with E-state index in [0.29, 0.717) is 6.61 Å². The minimum Gasteiger partial charge on any atom is -0.494 e. The Bertz CT molecular complexity index is 566. The molecule has 3 N–H and O–H groups in total. The number of hydrazine groups is 1. The molecule has 2 rings (SSSR count). The summed E-state index contributed by atoms with van der Waals surface area (Å²) in [6, 6.07) is 12.0. The SMILES string of the molecule is CCOc1ccc(C(NN)c2ccc(C)nc2C)cc1. The molecular formula is C16H21N3O. The van der Waals surface area contributed by atoms with Crippen molar-refractivity contribution in [1.29, 1.82) is 0 Å². The molecule has 0 aliphatic carbocycles. The van der Waals surface area contributed by atoms with Crippen molar-refractivity contribution in [2.75, 3.05) is 6.61 Å². The molecule has 2 aromatic rings. The van der Waals surface area contributed by atoms with Gasteiger partial charge >= 0.3 is 0 Å². The standard InChI is InChI=1S/C16H21N3O/c1-4-20-14-8-6-13(7-9-14)16(19-17)15-10-5-11(2)18-12(15)3/h5-10,16,19H,4,17H2,1-3H3. The molecule has 0 fully saturated rings. The summed E-state index contributed by atoms with van der Waals surface area (Å²) in [5.74, 6) is 6.60. The number of ether oxygens (including phenoxy) is 1. The Morgan fingerprint density at radius 2 is 1.85 bits per heavy atom. The fourth-order valence-electron chi connectivity index (χ4n) is 2.29. The zero-order valence-corrected chi connectivity index (χ0v) is 12.2. The summed E-state index contributed by atoms with van der Waals surface area (Å²) in [5, 5.41) is 0. The van der Waals surface area contributed by atoms with Crippen molar-refractivity contribution >= 4 is 0 Å². The van der Waals surface area contributed by atoms with Crippen molar-refractivity contribution < 1.29 is 4.74 Å². The third kappa shape index (κ3) is 3.15. The average molecular weight is 271 g/mol. The molecule has 106 valence electrons. The van der Waals surface area contributed by atoms with Gasteiger partial charge in [0.15, 0.2) is 0 Å². The smallest absolute Gasteiger partial charge is 0.119 e. The van der Waals surface area contributed by atoms with Crippen LogP contribution in [0, 0.1) is 13.8 Å². The summed E-state index contributed by atoms with van der Waals surface area (Å²) >= 11 is 0. The molecule has 1 aromatic heterocycles. The Morgan fingerprint density at radius 1 is 1.15 bits per heavy atom. The molecule has 0 amide bonds. The fourth-order valence-corrected chi connectivity index (χ4v) is 2.29. The zero-order chi connectivity index (χ0) is 14.5. The van der Waals surface area contributed by atoms with E-state index in [1.54, 1.807) is 0 Å². The van der Waals surface area contributed by atoms with E-state index in [1.807, 2.05) is 51.1 Å². The van der Waals surface area contributed by atoms with Crippen LogP contribution in [0.5, 0.6) is 5.75 Å². The monoisotopic (exact) mass is 271 g/mol. The van der Waals surface area contributed by atoms with Gasteiger partial charge in [0.05, 0.1) is 12.6 Å². The predicted octanol–water partition coefficient (Wildman–Crippen LogP) is 2.65. The number of hydrogen-bond acceptors (Lipinski definition) is 4. The van der Waals surface area contributed by atoms with Gasteiger partial charge < -0.3 is 4.74 Å². The van der Waals surface area contributed by atoms with E-state index >= 15 is 0 Å². The number of rotatable bonds is 5. The molecule has 1 unspecified atom stereocenters. The van der Waals surface area contributed by atoms with E-state index in [9.17, 15) is 0 Å². The first-order chi connectivity index (χ1) is 9.65. The van der Waals surface area contributed by atoms with E-state index in [4.69, 9.17) is 10.6 Å². The predicted molar refractivity (Wildman–Crippen MR) is 80.5 cm³/mol. The van der Waals surface area contributed by atoms with E-state index in [2.05, 4.69) is 16.5 Å². The lowest BCUT2D eigenvalue weighted by Gasteiger charge is -2.19. The quantitative estimate of drug-likeness (QED) is 0.648. The minimum atomic E-state index is -0.0706. The summed E-state index contributed by atoms with van der Waals surface area (Å²) in [4.78, 5) is 4.49. The Balaban J connectivity index is 2.31. The highest BCUT2D eigenvalue weighted by atomic mass is 16.5. The minimum absolute atomic E-state index is 0.0706. The molecule has 0 spiro atoms. The van der Waals surface area contributed by atoms with Gasteiger partial charge in [0.25, 0.3) is 0 Å². The van der Waals surface area contributed by atoms with Crippen molar-refractivity contribution in [2.24, 2.45) is 5.84 Å². The van der Waals surface area contributed by atoms with Crippen LogP contribution in [0.3, 0.4) is 0 Å². The molecule has 20 heavy (non-hydrogen) atoms. The Morgan fingerprint density at radius 3 is 2.40 bits per heavy atom. The lowest BCUT2D eigenvalue weighted by atomic mass is 9.98. The molecule has 0 saturated carbocycles. The maximum absolute atomic E-state index is 5.73. The van der Waals surface area contributed by atoms with Gasteiger partial charge in [0.2, 0.25) is 0 Å². The molecule has 4 nitrogen and oxygen atoms in total. The number of nitrogens with zero attached hydrogens (tertiary/aromatic N) is 1. The number of aromatic nitrogens is 1. The number of aryl methyl sites for hydroxylation is 2. The van der Waals surface area contributed by atoms with Gasteiger partial charge in [-0.25, -0.2) is 5.43 Å². The van der Waals surface area contributed by atoms with Crippen LogP contribution < -0.4 is 16.0 Å². The second-order valence-electron chi connectivity index (χ2n) is 4.73. The molecule has 1 heterocycles. The van der Waals surface area contributed by atoms with Crippen molar-refractivity contribution in [2.45, 2.75) is 26.8 Å². The Kier molecular flexibility index (Phi) is 4.71. The summed E-state index contributed by atoms with van der Waals surface area (Å²) < 4.78 is 5.46. The second kappa shape index (κ2) is 6.50. The van der Waals surface area contributed by atoms with Gasteiger partial charge in [-0.3, -0.25) is 10.8 Å². The maximum Gasteiger partial charge on any atom is 0.119 e. The van der Waals surface area contributed by atoms with Crippen LogP contribution in [0.4, 0.5) is 0 Å². The normalized spacial score (nSPS) is 12.2. The molecule has 1 atom stereocenters. The Hall–Kier alpha value is -1.91. The number of pyridine rings is 1. The highest BCUT2D eigenvalue weighted by Gasteiger charge is 2.15. The molecule has 0 aliphatic heterocycles. The molecule has 0 bridgehead atoms. The fraction of sp³-hybridized carbons (Fsp3) is 0.312. The summed E-state index contributed by atoms with van der Waals surface area (Å²) in [6.45, 7) is 6.62. The van der Waals surface area contributed by atoms with Gasteiger partial charge in [-0.05, 0) is 50.1 Å². The highest BCUT2D eigenvalue weighted by molar-refractivity contribution is 5.37. The third-order valence-electron chi connectivity index (χ3n) is 3.27. The molecule has 0 radical (unpaired) electrons. The molecule has 0 saturated heterocycles. The summed E-state index contributed by atoms with van der Waals surface area (Å²) in [5.41, 5.74) is 7.03. The average Bonchev–Trinajstić information content (AvgIpc) is 2.44. The van der Waals surface area contributed by atoms with Crippen molar-refractivity contribution in [3.05, 3.63) is 58.9 Å². The number of nitrogens with two attached hydrogens (primary N) is 1. The topological polar surface area (TPSA) is 60.2 Å². The van der Waals surface area contributed by atoms with Gasteiger partial charge in [0, 0.05) is 11.4 Å². The van der Waals surface area contributed by atoms with E-state index in [1.165, 1.54) is 0 Å². The lowest BCUT2D eigenvalue weighted by molar-refractivity contribution is 0.340. The molecular weight excluding hydrogens is 250 g/mol. The first-order valence-corrected chi connectivity index (χ1v) is 6.78.